The van der Waals surface area contributed by atoms with Crippen molar-refractivity contribution in [3.8, 4) is 0 Å². The Kier molecular flexibility index (Phi) is 4.54. The van der Waals surface area contributed by atoms with Crippen LogP contribution in [-0.4, -0.2) is 65.8 Å². The first-order valence-electron chi connectivity index (χ1n) is 7.28. The summed E-state index contributed by atoms with van der Waals surface area (Å²) in [5, 5.41) is 0. The molecule has 0 spiro atoms. The molecule has 2 bridgehead atoms. The van der Waals surface area contributed by atoms with E-state index in [-0.39, 0.29) is 23.5 Å². The van der Waals surface area contributed by atoms with E-state index in [9.17, 15) is 18.0 Å². The summed E-state index contributed by atoms with van der Waals surface area (Å²) in [6.07, 6.45) is -2.55. The number of alkyl halides is 3. The standard InChI is InChI=1S/C14H23F3N2O2/c1-13(2,3)18-6-10-4-5-11(7-18)19(10)12(20)8-21-9-14(15,16)17/h10-11H,4-9H2,1-3H3. The third kappa shape index (κ3) is 4.10. The van der Waals surface area contributed by atoms with E-state index in [0.29, 0.717) is 0 Å². The van der Waals surface area contributed by atoms with E-state index < -0.39 is 19.4 Å². The lowest BCUT2D eigenvalue weighted by Crippen LogP contribution is -2.60. The van der Waals surface area contributed by atoms with Gasteiger partial charge >= 0.3 is 6.18 Å². The molecule has 0 aromatic carbocycles. The molecular formula is C14H23F3N2O2. The molecule has 21 heavy (non-hydrogen) atoms. The minimum absolute atomic E-state index is 0.0444. The largest absolute Gasteiger partial charge is 0.411 e. The average molecular weight is 308 g/mol. The Morgan fingerprint density at radius 3 is 2.10 bits per heavy atom. The SMILES string of the molecule is CC(C)(C)N1CC2CCC(C1)N2C(=O)COCC(F)(F)F. The number of hydrogen-bond acceptors (Lipinski definition) is 3. The molecule has 0 N–H and O–H groups in total. The second-order valence-corrected chi connectivity index (χ2v) is 6.87. The van der Waals surface area contributed by atoms with Crippen molar-refractivity contribution in [1.29, 1.82) is 0 Å². The number of piperazine rings is 1. The van der Waals surface area contributed by atoms with Crippen molar-refractivity contribution in [2.45, 2.75) is 57.4 Å². The van der Waals surface area contributed by atoms with Gasteiger partial charge in [-0.15, -0.1) is 0 Å². The predicted octanol–water partition coefficient (Wildman–Crippen LogP) is 2.04. The van der Waals surface area contributed by atoms with Gasteiger partial charge in [0.25, 0.3) is 0 Å². The third-order valence-electron chi connectivity index (χ3n) is 4.21. The Bertz CT molecular complexity index is 379. The molecule has 0 aromatic heterocycles. The number of hydrogen-bond donors (Lipinski definition) is 0. The molecule has 0 aliphatic carbocycles. The van der Waals surface area contributed by atoms with Crippen LogP contribution in [0.25, 0.3) is 0 Å². The van der Waals surface area contributed by atoms with E-state index in [1.165, 1.54) is 0 Å². The summed E-state index contributed by atoms with van der Waals surface area (Å²) in [5.74, 6) is -0.319. The van der Waals surface area contributed by atoms with Crippen molar-refractivity contribution < 1.29 is 22.7 Å². The first-order chi connectivity index (χ1) is 9.58. The Morgan fingerprint density at radius 1 is 1.14 bits per heavy atom. The zero-order valence-corrected chi connectivity index (χ0v) is 12.7. The topological polar surface area (TPSA) is 32.8 Å². The lowest BCUT2D eigenvalue weighted by Gasteiger charge is -2.46. The first kappa shape index (κ1) is 16.5. The van der Waals surface area contributed by atoms with Gasteiger partial charge in [0.1, 0.15) is 13.2 Å². The van der Waals surface area contributed by atoms with Crippen molar-refractivity contribution in [2.24, 2.45) is 0 Å². The second kappa shape index (κ2) is 5.76. The number of rotatable bonds is 3. The van der Waals surface area contributed by atoms with Crippen LogP contribution in [0.2, 0.25) is 0 Å². The summed E-state index contributed by atoms with van der Waals surface area (Å²) in [6.45, 7) is 6.12. The van der Waals surface area contributed by atoms with E-state index in [0.717, 1.165) is 25.9 Å². The summed E-state index contributed by atoms with van der Waals surface area (Å²) in [6, 6.07) is 0.204. The van der Waals surface area contributed by atoms with Crippen LogP contribution < -0.4 is 0 Å². The van der Waals surface area contributed by atoms with Gasteiger partial charge in [0.2, 0.25) is 5.91 Å². The molecule has 2 unspecified atom stereocenters. The van der Waals surface area contributed by atoms with Gasteiger partial charge < -0.3 is 9.64 Å². The van der Waals surface area contributed by atoms with Gasteiger partial charge in [0.15, 0.2) is 0 Å². The number of ether oxygens (including phenoxy) is 1. The molecule has 2 aliphatic heterocycles. The molecule has 2 saturated heterocycles. The van der Waals surface area contributed by atoms with E-state index in [1.807, 2.05) is 0 Å². The normalized spacial score (nSPS) is 27.2. The number of carbonyl (C=O) groups excluding carboxylic acids is 1. The molecule has 2 aliphatic rings. The molecule has 2 rings (SSSR count). The highest BCUT2D eigenvalue weighted by molar-refractivity contribution is 5.78. The van der Waals surface area contributed by atoms with Crippen LogP contribution in [-0.2, 0) is 9.53 Å². The monoisotopic (exact) mass is 308 g/mol. The molecule has 2 atom stereocenters. The summed E-state index contributed by atoms with van der Waals surface area (Å²) in [4.78, 5) is 16.2. The molecule has 1 amide bonds. The summed E-state index contributed by atoms with van der Waals surface area (Å²) < 4.78 is 40.6. The summed E-state index contributed by atoms with van der Waals surface area (Å²) in [5.41, 5.74) is 0.0444. The highest BCUT2D eigenvalue weighted by atomic mass is 19.4. The molecule has 4 nitrogen and oxygen atoms in total. The lowest BCUT2D eigenvalue weighted by molar-refractivity contribution is -0.179. The fraction of sp³-hybridized carbons (Fsp3) is 0.929. The highest BCUT2D eigenvalue weighted by Crippen LogP contribution is 2.33. The molecule has 0 saturated carbocycles. The number of nitrogens with zero attached hydrogens (tertiary/aromatic N) is 2. The highest BCUT2D eigenvalue weighted by Gasteiger charge is 2.44. The number of halogens is 3. The number of likely N-dealkylation sites (tertiary alicyclic amines) is 1. The maximum absolute atomic E-state index is 12.1. The van der Waals surface area contributed by atoms with Gasteiger partial charge in [-0.2, -0.15) is 13.2 Å². The fourth-order valence-electron chi connectivity index (χ4n) is 3.19. The van der Waals surface area contributed by atoms with E-state index in [4.69, 9.17) is 0 Å². The van der Waals surface area contributed by atoms with Crippen LogP contribution in [0.4, 0.5) is 13.2 Å². The van der Waals surface area contributed by atoms with Gasteiger partial charge in [-0.25, -0.2) is 0 Å². The zero-order chi connectivity index (χ0) is 15.8. The maximum Gasteiger partial charge on any atom is 0.411 e. The molecule has 122 valence electrons. The Morgan fingerprint density at radius 2 is 1.67 bits per heavy atom. The van der Waals surface area contributed by atoms with Crippen molar-refractivity contribution in [1.82, 2.24) is 9.80 Å². The van der Waals surface area contributed by atoms with E-state index in [1.54, 1.807) is 4.90 Å². The Labute approximate surface area is 123 Å². The van der Waals surface area contributed by atoms with Gasteiger partial charge in [-0.1, -0.05) is 0 Å². The van der Waals surface area contributed by atoms with Gasteiger partial charge in [-0.3, -0.25) is 9.69 Å². The average Bonchev–Trinajstić information content (AvgIpc) is 2.56. The van der Waals surface area contributed by atoms with Crippen LogP contribution in [0.3, 0.4) is 0 Å². The van der Waals surface area contributed by atoms with Crippen LogP contribution in [0.5, 0.6) is 0 Å². The molecule has 2 heterocycles. The Balaban J connectivity index is 1.90. The first-order valence-corrected chi connectivity index (χ1v) is 7.28. The maximum atomic E-state index is 12.1. The molecule has 7 heteroatoms. The number of carbonyl (C=O) groups is 1. The summed E-state index contributed by atoms with van der Waals surface area (Å²) >= 11 is 0. The zero-order valence-electron chi connectivity index (χ0n) is 12.7. The van der Waals surface area contributed by atoms with Crippen LogP contribution in [0, 0.1) is 0 Å². The van der Waals surface area contributed by atoms with Crippen LogP contribution in [0.15, 0.2) is 0 Å². The number of fused-ring (bicyclic) bond motifs is 2. The third-order valence-corrected chi connectivity index (χ3v) is 4.21. The van der Waals surface area contributed by atoms with Gasteiger partial charge in [0, 0.05) is 30.7 Å². The Hall–Kier alpha value is -0.820. The van der Waals surface area contributed by atoms with E-state index >= 15 is 0 Å². The van der Waals surface area contributed by atoms with Crippen molar-refractivity contribution in [3.63, 3.8) is 0 Å². The van der Waals surface area contributed by atoms with Crippen LogP contribution >= 0.6 is 0 Å². The second-order valence-electron chi connectivity index (χ2n) is 6.87. The van der Waals surface area contributed by atoms with Crippen molar-refractivity contribution in [3.05, 3.63) is 0 Å². The lowest BCUT2D eigenvalue weighted by atomic mass is 10.0. The smallest absolute Gasteiger partial charge is 0.362 e. The molecule has 2 fully saturated rings. The quantitative estimate of drug-likeness (QED) is 0.800. The van der Waals surface area contributed by atoms with E-state index in [2.05, 4.69) is 30.4 Å². The summed E-state index contributed by atoms with van der Waals surface area (Å²) in [7, 11) is 0. The van der Waals surface area contributed by atoms with Gasteiger partial charge in [-0.05, 0) is 33.6 Å². The fourth-order valence-corrected chi connectivity index (χ4v) is 3.19. The minimum Gasteiger partial charge on any atom is -0.362 e. The van der Waals surface area contributed by atoms with Crippen molar-refractivity contribution >= 4 is 5.91 Å². The minimum atomic E-state index is -4.38. The van der Waals surface area contributed by atoms with Crippen molar-refractivity contribution in [2.75, 3.05) is 26.3 Å². The van der Waals surface area contributed by atoms with Gasteiger partial charge in [0.05, 0.1) is 0 Å². The predicted molar refractivity (Wildman–Crippen MR) is 71.9 cm³/mol. The van der Waals surface area contributed by atoms with Crippen LogP contribution in [0.1, 0.15) is 33.6 Å². The molecule has 0 aromatic rings. The molecular weight excluding hydrogens is 285 g/mol. The molecule has 0 radical (unpaired) electrons. The number of amides is 1.